The van der Waals surface area contributed by atoms with Crippen molar-refractivity contribution < 1.29 is 0 Å². The van der Waals surface area contributed by atoms with Crippen LogP contribution in [0.1, 0.15) is 5.56 Å². The Bertz CT molecular complexity index is 1280. The number of nitrogens with one attached hydrogen (secondary N) is 1. The van der Waals surface area contributed by atoms with E-state index >= 15 is 0 Å². The predicted molar refractivity (Wildman–Crippen MR) is 118 cm³/mol. The second-order valence-electron chi connectivity index (χ2n) is 6.63. The fraction of sp³-hybridized carbons (Fsp3) is 0. The normalized spacial score (nSPS) is 11.3. The minimum Gasteiger partial charge on any atom is -0.244 e. The summed E-state index contributed by atoms with van der Waals surface area (Å²) in [6, 6.07) is 28.7. The molecule has 4 aromatic carbocycles. The molecular weight excluding hydrogens is 358 g/mol. The zero-order valence-corrected chi connectivity index (χ0v) is 15.5. The Hall–Kier alpha value is -4.12. The van der Waals surface area contributed by atoms with E-state index in [-0.39, 0.29) is 0 Å². The van der Waals surface area contributed by atoms with E-state index in [9.17, 15) is 0 Å². The summed E-state index contributed by atoms with van der Waals surface area (Å²) in [5.74, 6) is 0.354. The van der Waals surface area contributed by atoms with Gasteiger partial charge in [-0.25, -0.2) is 10.4 Å². The van der Waals surface area contributed by atoms with Crippen LogP contribution in [0.2, 0.25) is 0 Å². The van der Waals surface area contributed by atoms with Crippen LogP contribution in [0.15, 0.2) is 96.2 Å². The Balaban J connectivity index is 1.50. The number of rotatable bonds is 4. The molecule has 1 heterocycles. The van der Waals surface area contributed by atoms with Crippen molar-refractivity contribution in [1.82, 2.24) is 15.2 Å². The fourth-order valence-electron chi connectivity index (χ4n) is 3.44. The Morgan fingerprint density at radius 2 is 1.41 bits per heavy atom. The third-order valence-corrected chi connectivity index (χ3v) is 4.80. The average molecular weight is 375 g/mol. The monoisotopic (exact) mass is 375 g/mol. The van der Waals surface area contributed by atoms with Gasteiger partial charge in [0.15, 0.2) is 0 Å². The summed E-state index contributed by atoms with van der Waals surface area (Å²) in [5, 5.41) is 17.1. The van der Waals surface area contributed by atoms with Gasteiger partial charge < -0.3 is 0 Å². The second kappa shape index (κ2) is 7.48. The predicted octanol–water partition coefficient (Wildman–Crippen LogP) is 5.29. The number of hydrogen-bond donors (Lipinski definition) is 1. The van der Waals surface area contributed by atoms with Crippen LogP contribution in [0.25, 0.3) is 32.8 Å². The molecule has 5 rings (SSSR count). The van der Waals surface area contributed by atoms with Crippen LogP contribution < -0.4 is 5.43 Å². The lowest BCUT2D eigenvalue weighted by molar-refractivity contribution is 0.967. The number of aromatic nitrogens is 3. The van der Waals surface area contributed by atoms with E-state index in [1.807, 2.05) is 60.8 Å². The lowest BCUT2D eigenvalue weighted by atomic mass is 9.97. The SMILES string of the molecule is C(=NNc1nncc(-c2ccccc2)n1)c1c2ccccc2cc2ccccc12. The zero-order valence-electron chi connectivity index (χ0n) is 15.5. The van der Waals surface area contributed by atoms with Crippen LogP contribution in [-0.4, -0.2) is 21.4 Å². The lowest BCUT2D eigenvalue weighted by Crippen LogP contribution is -2.00. The summed E-state index contributed by atoms with van der Waals surface area (Å²) in [7, 11) is 0. The topological polar surface area (TPSA) is 63.1 Å². The lowest BCUT2D eigenvalue weighted by Gasteiger charge is -2.08. The molecule has 0 saturated carbocycles. The minimum absolute atomic E-state index is 0.354. The summed E-state index contributed by atoms with van der Waals surface area (Å²) in [4.78, 5) is 4.50. The summed E-state index contributed by atoms with van der Waals surface area (Å²) in [5.41, 5.74) is 5.70. The Morgan fingerprint density at radius 3 is 2.14 bits per heavy atom. The van der Waals surface area contributed by atoms with E-state index in [0.717, 1.165) is 27.6 Å². The van der Waals surface area contributed by atoms with Gasteiger partial charge in [0.2, 0.25) is 0 Å². The molecule has 0 atom stereocenters. The maximum absolute atomic E-state index is 4.50. The number of hydrazone groups is 1. The van der Waals surface area contributed by atoms with Crippen LogP contribution in [0.4, 0.5) is 5.95 Å². The van der Waals surface area contributed by atoms with Crippen molar-refractivity contribution in [3.8, 4) is 11.3 Å². The molecule has 0 aliphatic heterocycles. The summed E-state index contributed by atoms with van der Waals surface area (Å²) >= 11 is 0. The molecule has 0 aliphatic carbocycles. The largest absolute Gasteiger partial charge is 0.263 e. The third kappa shape index (κ3) is 3.41. The number of anilines is 1. The Labute approximate surface area is 167 Å². The molecule has 0 radical (unpaired) electrons. The van der Waals surface area contributed by atoms with Gasteiger partial charge in [0.1, 0.15) is 0 Å². The van der Waals surface area contributed by atoms with Gasteiger partial charge >= 0.3 is 0 Å². The standard InChI is InChI=1S/C24H17N5/c1-2-8-17(9-3-1)23-16-26-29-24(27-23)28-25-15-22-20-12-6-4-10-18(20)14-19-11-5-7-13-21(19)22/h1-16H,(H,27,28,29). The number of fused-ring (bicyclic) bond motifs is 2. The molecule has 1 N–H and O–H groups in total. The first-order valence-corrected chi connectivity index (χ1v) is 9.33. The molecule has 0 amide bonds. The molecular formula is C24H17N5. The van der Waals surface area contributed by atoms with E-state index in [0.29, 0.717) is 5.95 Å². The Kier molecular flexibility index (Phi) is 4.39. The highest BCUT2D eigenvalue weighted by Gasteiger charge is 2.06. The van der Waals surface area contributed by atoms with Crippen molar-refractivity contribution in [2.45, 2.75) is 0 Å². The summed E-state index contributed by atoms with van der Waals surface area (Å²) in [6.45, 7) is 0. The van der Waals surface area contributed by atoms with Gasteiger partial charge in [0.25, 0.3) is 5.95 Å². The van der Waals surface area contributed by atoms with Crippen molar-refractivity contribution in [2.24, 2.45) is 5.10 Å². The van der Waals surface area contributed by atoms with Gasteiger partial charge in [-0.3, -0.25) is 0 Å². The average Bonchev–Trinajstić information content (AvgIpc) is 2.79. The van der Waals surface area contributed by atoms with Crippen LogP contribution in [0.5, 0.6) is 0 Å². The molecule has 5 nitrogen and oxygen atoms in total. The smallest absolute Gasteiger partial charge is 0.244 e. The van der Waals surface area contributed by atoms with Gasteiger partial charge in [-0.1, -0.05) is 78.9 Å². The highest BCUT2D eigenvalue weighted by Crippen LogP contribution is 2.27. The summed E-state index contributed by atoms with van der Waals surface area (Å²) < 4.78 is 0. The van der Waals surface area contributed by atoms with E-state index in [1.165, 1.54) is 10.8 Å². The molecule has 0 spiro atoms. The van der Waals surface area contributed by atoms with E-state index in [2.05, 4.69) is 56.0 Å². The molecule has 0 saturated heterocycles. The van der Waals surface area contributed by atoms with Crippen molar-refractivity contribution in [1.29, 1.82) is 0 Å². The molecule has 0 fully saturated rings. The molecule has 0 bridgehead atoms. The van der Waals surface area contributed by atoms with Crippen LogP contribution in [0, 0.1) is 0 Å². The first kappa shape index (κ1) is 17.0. The van der Waals surface area contributed by atoms with Crippen LogP contribution in [-0.2, 0) is 0 Å². The highest BCUT2D eigenvalue weighted by atomic mass is 15.4. The van der Waals surface area contributed by atoms with Crippen molar-refractivity contribution in [2.75, 3.05) is 5.43 Å². The molecule has 29 heavy (non-hydrogen) atoms. The second-order valence-corrected chi connectivity index (χ2v) is 6.63. The number of hydrogen-bond acceptors (Lipinski definition) is 5. The van der Waals surface area contributed by atoms with Gasteiger partial charge in [0, 0.05) is 11.1 Å². The highest BCUT2D eigenvalue weighted by molar-refractivity contribution is 6.13. The Morgan fingerprint density at radius 1 is 0.759 bits per heavy atom. The molecule has 0 unspecified atom stereocenters. The van der Waals surface area contributed by atoms with Gasteiger partial charge in [-0.05, 0) is 27.6 Å². The summed E-state index contributed by atoms with van der Waals surface area (Å²) in [6.07, 6.45) is 3.46. The first-order chi connectivity index (χ1) is 14.4. The molecule has 5 aromatic rings. The van der Waals surface area contributed by atoms with Crippen molar-refractivity contribution in [3.05, 3.63) is 96.7 Å². The number of benzene rings is 4. The van der Waals surface area contributed by atoms with Crippen molar-refractivity contribution in [3.63, 3.8) is 0 Å². The maximum atomic E-state index is 4.50. The van der Waals surface area contributed by atoms with Crippen LogP contribution in [0.3, 0.4) is 0 Å². The fourth-order valence-corrected chi connectivity index (χ4v) is 3.44. The maximum Gasteiger partial charge on any atom is 0.263 e. The number of nitrogens with zero attached hydrogens (tertiary/aromatic N) is 4. The van der Waals surface area contributed by atoms with Crippen LogP contribution >= 0.6 is 0 Å². The minimum atomic E-state index is 0.354. The molecule has 5 heteroatoms. The van der Waals surface area contributed by atoms with Crippen molar-refractivity contribution >= 4 is 33.7 Å². The quantitative estimate of drug-likeness (QED) is 0.263. The van der Waals surface area contributed by atoms with E-state index in [1.54, 1.807) is 6.20 Å². The zero-order chi connectivity index (χ0) is 19.5. The van der Waals surface area contributed by atoms with E-state index < -0.39 is 0 Å². The van der Waals surface area contributed by atoms with Gasteiger partial charge in [0.05, 0.1) is 18.1 Å². The van der Waals surface area contributed by atoms with E-state index in [4.69, 9.17) is 0 Å². The molecule has 0 aliphatic rings. The first-order valence-electron chi connectivity index (χ1n) is 9.33. The van der Waals surface area contributed by atoms with Gasteiger partial charge in [-0.2, -0.15) is 10.2 Å². The molecule has 1 aromatic heterocycles. The third-order valence-electron chi connectivity index (χ3n) is 4.80. The van der Waals surface area contributed by atoms with Gasteiger partial charge in [-0.15, -0.1) is 5.10 Å². The molecule has 138 valence electrons.